The fourth-order valence-electron chi connectivity index (χ4n) is 6.77. The van der Waals surface area contributed by atoms with Crippen LogP contribution in [0.15, 0.2) is 25.3 Å². The number of carbonyl (C=O) groups is 5. The van der Waals surface area contributed by atoms with Crippen LogP contribution in [0.25, 0.3) is 0 Å². The maximum Gasteiger partial charge on any atom is 0.289 e. The van der Waals surface area contributed by atoms with Gasteiger partial charge in [-0.1, -0.05) is 66.0 Å². The molecule has 5 atom stereocenters. The maximum atomic E-state index is 14.2. The van der Waals surface area contributed by atoms with Crippen LogP contribution in [0.1, 0.15) is 86.0 Å². The lowest BCUT2D eigenvalue weighted by molar-refractivity contribution is -0.146. The summed E-state index contributed by atoms with van der Waals surface area (Å²) in [6.07, 6.45) is 8.90. The zero-order valence-electron chi connectivity index (χ0n) is 25.6. The zero-order valence-corrected chi connectivity index (χ0v) is 25.6. The second-order valence-corrected chi connectivity index (χ2v) is 13.9. The Kier molecular flexibility index (Phi) is 10.6. The molecule has 1 aliphatic heterocycles. The van der Waals surface area contributed by atoms with Crippen LogP contribution in [0, 0.1) is 28.6 Å². The fraction of sp³-hybridized carbons (Fsp3) is 0.719. The fourth-order valence-corrected chi connectivity index (χ4v) is 6.77. The van der Waals surface area contributed by atoms with E-state index in [1.165, 1.54) is 6.08 Å². The average Bonchev–Trinajstić information content (AvgIpc) is 3.23. The largest absolute Gasteiger partial charge is 0.346 e. The molecule has 9 heteroatoms. The zero-order chi connectivity index (χ0) is 30.5. The van der Waals surface area contributed by atoms with Gasteiger partial charge in [-0.05, 0) is 54.3 Å². The van der Waals surface area contributed by atoms with Crippen molar-refractivity contribution in [1.82, 2.24) is 20.9 Å². The van der Waals surface area contributed by atoms with E-state index >= 15 is 0 Å². The molecule has 228 valence electrons. The highest BCUT2D eigenvalue weighted by Crippen LogP contribution is 2.65. The summed E-state index contributed by atoms with van der Waals surface area (Å²) in [7, 11) is 0. The predicted octanol–water partition coefficient (Wildman–Crippen LogP) is 3.29. The maximum absolute atomic E-state index is 14.2. The third-order valence-corrected chi connectivity index (χ3v) is 9.08. The van der Waals surface area contributed by atoms with E-state index < -0.39 is 35.7 Å². The number of amides is 4. The third kappa shape index (κ3) is 7.86. The van der Waals surface area contributed by atoms with Crippen molar-refractivity contribution in [1.29, 1.82) is 0 Å². The molecule has 1 heterocycles. The number of likely N-dealkylation sites (tertiary alicyclic amines) is 1. The molecule has 0 bridgehead atoms. The lowest BCUT2D eigenvalue weighted by Gasteiger charge is -2.37. The highest BCUT2D eigenvalue weighted by molar-refractivity contribution is 6.38. The van der Waals surface area contributed by atoms with Crippen LogP contribution < -0.4 is 16.0 Å². The van der Waals surface area contributed by atoms with E-state index in [1.807, 2.05) is 20.8 Å². The van der Waals surface area contributed by atoms with E-state index in [2.05, 4.69) is 43.0 Å². The number of allylic oxidation sites excluding steroid dienone is 1. The number of carbonyl (C=O) groups excluding carboxylic acids is 5. The minimum atomic E-state index is -1.04. The van der Waals surface area contributed by atoms with Gasteiger partial charge in [0.1, 0.15) is 12.1 Å². The van der Waals surface area contributed by atoms with Crippen LogP contribution in [-0.2, 0) is 24.0 Å². The predicted molar refractivity (Wildman–Crippen MR) is 158 cm³/mol. The van der Waals surface area contributed by atoms with Crippen molar-refractivity contribution in [3.63, 3.8) is 0 Å². The Bertz CT molecular complexity index is 1040. The average molecular weight is 571 g/mol. The molecule has 3 fully saturated rings. The molecule has 4 amide bonds. The first-order valence-electron chi connectivity index (χ1n) is 15.2. The summed E-state index contributed by atoms with van der Waals surface area (Å²) in [5.74, 6) is -2.23. The number of rotatable bonds is 13. The van der Waals surface area contributed by atoms with Gasteiger partial charge in [0.05, 0.1) is 6.04 Å². The number of piperidine rings is 1. The number of hydrogen-bond donors (Lipinski definition) is 3. The molecule has 0 aromatic rings. The summed E-state index contributed by atoms with van der Waals surface area (Å²) in [4.78, 5) is 68.2. The lowest BCUT2D eigenvalue weighted by atomic mass is 9.82. The quantitative estimate of drug-likeness (QED) is 0.232. The van der Waals surface area contributed by atoms with Crippen LogP contribution in [0.5, 0.6) is 0 Å². The summed E-state index contributed by atoms with van der Waals surface area (Å²) in [6, 6.07) is -2.50. The minimum Gasteiger partial charge on any atom is -0.346 e. The van der Waals surface area contributed by atoms with Crippen molar-refractivity contribution < 1.29 is 24.0 Å². The van der Waals surface area contributed by atoms with E-state index in [-0.39, 0.29) is 53.4 Å². The molecule has 0 aromatic carbocycles. The number of nitrogens with one attached hydrogen (secondary N) is 3. The molecule has 3 aliphatic rings. The highest BCUT2D eigenvalue weighted by atomic mass is 16.2. The Morgan fingerprint density at radius 2 is 1.66 bits per heavy atom. The molecule has 0 aromatic heterocycles. The first kappa shape index (κ1) is 32.5. The SMILES string of the molecule is C=CCCC(NC(=O)[C@@H]1C2C(CN1C(=O)C(NC(=O)CC(C)(C)C)C1CCCCC1)C2(C)C)C(=O)C(=O)NCC=C. The summed E-state index contributed by atoms with van der Waals surface area (Å²) in [5.41, 5.74) is -0.354. The third-order valence-electron chi connectivity index (χ3n) is 9.08. The number of hydrogen-bond acceptors (Lipinski definition) is 5. The van der Waals surface area contributed by atoms with E-state index in [1.54, 1.807) is 11.0 Å². The van der Waals surface area contributed by atoms with Crippen molar-refractivity contribution in [2.75, 3.05) is 13.1 Å². The Morgan fingerprint density at radius 1 is 1.00 bits per heavy atom. The van der Waals surface area contributed by atoms with Gasteiger partial charge < -0.3 is 20.9 Å². The Labute approximate surface area is 245 Å². The summed E-state index contributed by atoms with van der Waals surface area (Å²) >= 11 is 0. The van der Waals surface area contributed by atoms with E-state index in [9.17, 15) is 24.0 Å². The van der Waals surface area contributed by atoms with Crippen LogP contribution >= 0.6 is 0 Å². The Balaban J connectivity index is 1.85. The standard InChI is InChI=1S/C32H50N4O5/c1-8-10-16-22(27(38)29(40)33-17-9-2)34-28(39)26-24-21(32(24,6)7)19-36(26)30(41)25(20-14-12-11-13-15-20)35-23(37)18-31(3,4)5/h8-9,20-22,24-26H,1-2,10-19H2,3-7H3,(H,33,40)(H,34,39)(H,35,37)/t21?,22?,24?,25?,26-/m0/s1. The molecule has 2 saturated carbocycles. The molecule has 3 N–H and O–H groups in total. The summed E-state index contributed by atoms with van der Waals surface area (Å²) < 4.78 is 0. The number of nitrogens with zero attached hydrogens (tertiary/aromatic N) is 1. The van der Waals surface area contributed by atoms with Gasteiger partial charge in [-0.25, -0.2) is 0 Å². The Morgan fingerprint density at radius 3 is 2.24 bits per heavy atom. The smallest absolute Gasteiger partial charge is 0.289 e. The van der Waals surface area contributed by atoms with Gasteiger partial charge in [-0.3, -0.25) is 24.0 Å². The first-order valence-corrected chi connectivity index (χ1v) is 15.2. The van der Waals surface area contributed by atoms with Gasteiger partial charge in [0.2, 0.25) is 23.5 Å². The molecule has 41 heavy (non-hydrogen) atoms. The van der Waals surface area contributed by atoms with Crippen LogP contribution in [0.3, 0.4) is 0 Å². The number of fused-ring (bicyclic) bond motifs is 1. The minimum absolute atomic E-state index is 0.0179. The molecule has 9 nitrogen and oxygen atoms in total. The van der Waals surface area contributed by atoms with Gasteiger partial charge in [0.25, 0.3) is 5.91 Å². The van der Waals surface area contributed by atoms with Crippen LogP contribution in [0.4, 0.5) is 0 Å². The van der Waals surface area contributed by atoms with Crippen LogP contribution in [0.2, 0.25) is 0 Å². The normalized spacial score (nSPS) is 24.8. The second kappa shape index (κ2) is 13.3. The molecular formula is C32H50N4O5. The topological polar surface area (TPSA) is 125 Å². The van der Waals surface area contributed by atoms with E-state index in [0.717, 1.165) is 32.1 Å². The molecule has 4 unspecified atom stereocenters. The van der Waals surface area contributed by atoms with Crippen molar-refractivity contribution in [3.05, 3.63) is 25.3 Å². The number of Topliss-reactive ketones (excluding diaryl/α,β-unsaturated/α-hetero) is 1. The molecule has 2 aliphatic carbocycles. The first-order chi connectivity index (χ1) is 19.2. The summed E-state index contributed by atoms with van der Waals surface area (Å²) in [5, 5.41) is 8.37. The van der Waals surface area contributed by atoms with Gasteiger partial charge >= 0.3 is 0 Å². The van der Waals surface area contributed by atoms with Crippen LogP contribution in [-0.4, -0.2) is 65.5 Å². The van der Waals surface area contributed by atoms with E-state index in [0.29, 0.717) is 19.4 Å². The lowest BCUT2D eigenvalue weighted by Crippen LogP contribution is -2.59. The van der Waals surface area contributed by atoms with Crippen molar-refractivity contribution in [3.8, 4) is 0 Å². The second-order valence-electron chi connectivity index (χ2n) is 13.9. The van der Waals surface area contributed by atoms with E-state index in [4.69, 9.17) is 0 Å². The Hall–Kier alpha value is -2.97. The van der Waals surface area contributed by atoms with Crippen molar-refractivity contribution >= 4 is 29.4 Å². The molecule has 3 rings (SSSR count). The summed E-state index contributed by atoms with van der Waals surface area (Å²) in [6.45, 7) is 18.0. The molecule has 1 saturated heterocycles. The van der Waals surface area contributed by atoms with Gasteiger partial charge in [0, 0.05) is 19.5 Å². The van der Waals surface area contributed by atoms with Gasteiger partial charge in [0.15, 0.2) is 0 Å². The molecule has 0 radical (unpaired) electrons. The molecular weight excluding hydrogens is 520 g/mol. The molecule has 0 spiro atoms. The van der Waals surface area contributed by atoms with Crippen molar-refractivity contribution in [2.45, 2.75) is 104 Å². The monoisotopic (exact) mass is 570 g/mol. The highest BCUT2D eigenvalue weighted by Gasteiger charge is 2.69. The number of ketones is 1. The van der Waals surface area contributed by atoms with Gasteiger partial charge in [-0.2, -0.15) is 0 Å². The van der Waals surface area contributed by atoms with Crippen molar-refractivity contribution in [2.24, 2.45) is 28.6 Å². The van der Waals surface area contributed by atoms with Gasteiger partial charge in [-0.15, -0.1) is 13.2 Å².